The summed E-state index contributed by atoms with van der Waals surface area (Å²) in [5.74, 6) is 3.52. The first-order chi connectivity index (χ1) is 8.78. The van der Waals surface area contributed by atoms with Crippen molar-refractivity contribution in [3.63, 3.8) is 0 Å². The zero-order chi connectivity index (χ0) is 12.5. The van der Waals surface area contributed by atoms with Gasteiger partial charge in [0.25, 0.3) is 0 Å². The normalized spacial score (nSPS) is 19.1. The zero-order valence-corrected chi connectivity index (χ0v) is 11.2. The highest BCUT2D eigenvalue weighted by Gasteiger charge is 2.41. The highest BCUT2D eigenvalue weighted by molar-refractivity contribution is 5.47. The number of aromatic nitrogens is 2. The van der Waals surface area contributed by atoms with E-state index < -0.39 is 0 Å². The minimum Gasteiger partial charge on any atom is -0.366 e. The minimum absolute atomic E-state index is 0.646. The van der Waals surface area contributed by atoms with Crippen LogP contribution in [0.25, 0.3) is 0 Å². The van der Waals surface area contributed by atoms with Crippen LogP contribution >= 0.6 is 0 Å². The van der Waals surface area contributed by atoms with Gasteiger partial charge in [0, 0.05) is 24.3 Å². The Kier molecular flexibility index (Phi) is 3.10. The van der Waals surface area contributed by atoms with E-state index in [1.807, 2.05) is 6.20 Å². The summed E-state index contributed by atoms with van der Waals surface area (Å²) >= 11 is 0. The first kappa shape index (κ1) is 11.8. The third kappa shape index (κ3) is 2.57. The molecule has 2 saturated carbocycles. The second kappa shape index (κ2) is 4.75. The lowest BCUT2D eigenvalue weighted by Crippen LogP contribution is -2.25. The fourth-order valence-corrected chi connectivity index (χ4v) is 2.52. The molecule has 0 saturated heterocycles. The van der Waals surface area contributed by atoms with E-state index in [0.717, 1.165) is 35.7 Å². The molecule has 2 aliphatic carbocycles. The van der Waals surface area contributed by atoms with Crippen molar-refractivity contribution < 1.29 is 0 Å². The Bertz CT molecular complexity index is 412. The van der Waals surface area contributed by atoms with Crippen LogP contribution in [-0.2, 0) is 0 Å². The quantitative estimate of drug-likeness (QED) is 0.810. The molecule has 0 amide bonds. The Hall–Kier alpha value is -1.32. The average Bonchev–Trinajstić information content (AvgIpc) is 3.23. The Labute approximate surface area is 109 Å². The zero-order valence-electron chi connectivity index (χ0n) is 11.2. The molecule has 1 aromatic rings. The van der Waals surface area contributed by atoms with E-state index in [0.29, 0.717) is 6.04 Å². The van der Waals surface area contributed by atoms with Gasteiger partial charge in [-0.25, -0.2) is 4.98 Å². The Balaban J connectivity index is 1.75. The molecule has 1 aromatic heterocycles. The molecule has 0 bridgehead atoms. The van der Waals surface area contributed by atoms with Gasteiger partial charge in [0.1, 0.15) is 5.82 Å². The van der Waals surface area contributed by atoms with Crippen LogP contribution in [-0.4, -0.2) is 22.6 Å². The number of rotatable bonds is 6. The van der Waals surface area contributed by atoms with E-state index in [-0.39, 0.29) is 0 Å². The number of anilines is 2. The molecule has 1 heterocycles. The predicted molar refractivity (Wildman–Crippen MR) is 73.8 cm³/mol. The molecule has 0 aromatic carbocycles. The lowest BCUT2D eigenvalue weighted by Gasteiger charge is -2.20. The standard InChI is InChI=1S/C14H22N4/c1-3-15-14-16-8-9(2)13(18-14)17-12(10-4-5-10)11-6-7-11/h8,10-12H,3-7H2,1-2H3,(H2,15,16,17,18). The van der Waals surface area contributed by atoms with E-state index in [1.165, 1.54) is 25.7 Å². The summed E-state index contributed by atoms with van der Waals surface area (Å²) in [6.45, 7) is 5.00. The molecule has 0 unspecified atom stereocenters. The van der Waals surface area contributed by atoms with Crippen molar-refractivity contribution in [1.82, 2.24) is 9.97 Å². The second-order valence-corrected chi connectivity index (χ2v) is 5.60. The van der Waals surface area contributed by atoms with Gasteiger partial charge >= 0.3 is 0 Å². The van der Waals surface area contributed by atoms with Crippen molar-refractivity contribution in [2.75, 3.05) is 17.2 Å². The molecule has 2 aliphatic rings. The van der Waals surface area contributed by atoms with Gasteiger partial charge in [0.2, 0.25) is 5.95 Å². The second-order valence-electron chi connectivity index (χ2n) is 5.60. The van der Waals surface area contributed by atoms with Crippen molar-refractivity contribution in [3.8, 4) is 0 Å². The van der Waals surface area contributed by atoms with Gasteiger partial charge in [-0.3, -0.25) is 0 Å². The third-order valence-electron chi connectivity index (χ3n) is 3.87. The van der Waals surface area contributed by atoms with Gasteiger partial charge in [-0.1, -0.05) is 0 Å². The topological polar surface area (TPSA) is 49.8 Å². The van der Waals surface area contributed by atoms with Gasteiger partial charge < -0.3 is 10.6 Å². The monoisotopic (exact) mass is 246 g/mol. The fourth-order valence-electron chi connectivity index (χ4n) is 2.52. The summed E-state index contributed by atoms with van der Waals surface area (Å²) < 4.78 is 0. The molecule has 18 heavy (non-hydrogen) atoms. The number of hydrogen-bond donors (Lipinski definition) is 2. The summed E-state index contributed by atoms with van der Waals surface area (Å²) in [5, 5.41) is 6.85. The maximum Gasteiger partial charge on any atom is 0.224 e. The number of nitrogens with zero attached hydrogens (tertiary/aromatic N) is 2. The van der Waals surface area contributed by atoms with Gasteiger partial charge in [-0.05, 0) is 51.4 Å². The summed E-state index contributed by atoms with van der Waals surface area (Å²) in [7, 11) is 0. The maximum atomic E-state index is 4.59. The van der Waals surface area contributed by atoms with Crippen LogP contribution in [0.15, 0.2) is 6.20 Å². The van der Waals surface area contributed by atoms with E-state index in [2.05, 4.69) is 34.4 Å². The van der Waals surface area contributed by atoms with Crippen LogP contribution in [0, 0.1) is 18.8 Å². The molecule has 0 atom stereocenters. The summed E-state index contributed by atoms with van der Waals surface area (Å²) in [5.41, 5.74) is 1.14. The van der Waals surface area contributed by atoms with Crippen LogP contribution in [0.3, 0.4) is 0 Å². The summed E-state index contributed by atoms with van der Waals surface area (Å²) in [6.07, 6.45) is 7.46. The number of nitrogens with one attached hydrogen (secondary N) is 2. The van der Waals surface area contributed by atoms with E-state index >= 15 is 0 Å². The Morgan fingerprint density at radius 3 is 2.50 bits per heavy atom. The largest absolute Gasteiger partial charge is 0.366 e. The van der Waals surface area contributed by atoms with E-state index in [4.69, 9.17) is 0 Å². The maximum absolute atomic E-state index is 4.59. The van der Waals surface area contributed by atoms with Gasteiger partial charge in [0.05, 0.1) is 0 Å². The highest BCUT2D eigenvalue weighted by Crippen LogP contribution is 2.45. The first-order valence-corrected chi connectivity index (χ1v) is 7.12. The Morgan fingerprint density at radius 1 is 1.28 bits per heavy atom. The molecular weight excluding hydrogens is 224 g/mol. The Morgan fingerprint density at radius 2 is 1.94 bits per heavy atom. The van der Waals surface area contributed by atoms with Crippen LogP contribution in [0.5, 0.6) is 0 Å². The lowest BCUT2D eigenvalue weighted by atomic mass is 10.1. The molecule has 4 heteroatoms. The van der Waals surface area contributed by atoms with Gasteiger partial charge in [0.15, 0.2) is 0 Å². The van der Waals surface area contributed by atoms with Crippen LogP contribution in [0.1, 0.15) is 38.2 Å². The van der Waals surface area contributed by atoms with Crippen LogP contribution in [0.2, 0.25) is 0 Å². The summed E-state index contributed by atoms with van der Waals surface area (Å²) in [6, 6.07) is 0.646. The summed E-state index contributed by atoms with van der Waals surface area (Å²) in [4.78, 5) is 8.88. The fraction of sp³-hybridized carbons (Fsp3) is 0.714. The smallest absolute Gasteiger partial charge is 0.224 e. The van der Waals surface area contributed by atoms with Crippen LogP contribution in [0.4, 0.5) is 11.8 Å². The predicted octanol–water partition coefficient (Wildman–Crippen LogP) is 2.82. The van der Waals surface area contributed by atoms with Gasteiger partial charge in [-0.15, -0.1) is 0 Å². The molecule has 0 spiro atoms. The van der Waals surface area contributed by atoms with Crippen molar-refractivity contribution in [2.24, 2.45) is 11.8 Å². The van der Waals surface area contributed by atoms with Crippen molar-refractivity contribution in [2.45, 2.75) is 45.6 Å². The highest BCUT2D eigenvalue weighted by atomic mass is 15.1. The molecule has 4 nitrogen and oxygen atoms in total. The number of aryl methyl sites for hydroxylation is 1. The molecule has 3 rings (SSSR count). The van der Waals surface area contributed by atoms with Crippen molar-refractivity contribution >= 4 is 11.8 Å². The van der Waals surface area contributed by atoms with E-state index in [9.17, 15) is 0 Å². The number of hydrogen-bond acceptors (Lipinski definition) is 4. The molecule has 0 aliphatic heterocycles. The average molecular weight is 246 g/mol. The molecular formula is C14H22N4. The molecule has 98 valence electrons. The van der Waals surface area contributed by atoms with Crippen molar-refractivity contribution in [1.29, 1.82) is 0 Å². The SMILES string of the molecule is CCNc1ncc(C)c(NC(C2CC2)C2CC2)n1. The molecule has 2 fully saturated rings. The molecule has 0 radical (unpaired) electrons. The first-order valence-electron chi connectivity index (χ1n) is 7.12. The van der Waals surface area contributed by atoms with Gasteiger partial charge in [-0.2, -0.15) is 4.98 Å². The third-order valence-corrected chi connectivity index (χ3v) is 3.87. The molecule has 2 N–H and O–H groups in total. The van der Waals surface area contributed by atoms with Crippen molar-refractivity contribution in [3.05, 3.63) is 11.8 Å². The van der Waals surface area contributed by atoms with Crippen LogP contribution < -0.4 is 10.6 Å². The minimum atomic E-state index is 0.646. The van der Waals surface area contributed by atoms with E-state index in [1.54, 1.807) is 0 Å². The lowest BCUT2D eigenvalue weighted by molar-refractivity contribution is 0.565.